The second-order valence-electron chi connectivity index (χ2n) is 5.56. The predicted molar refractivity (Wildman–Crippen MR) is 106 cm³/mol. The van der Waals surface area contributed by atoms with Gasteiger partial charge in [0.1, 0.15) is 17.3 Å². The molecule has 3 aromatic rings. The SMILES string of the molecule is Cc1nc(Nc2cccc(Cl)c2Cl)cc(C(=O)Nc2ccc(C#N)cc2)n1. The molecule has 0 unspecified atom stereocenters. The maximum Gasteiger partial charge on any atom is 0.274 e. The molecule has 6 nitrogen and oxygen atoms in total. The number of halogens is 2. The van der Waals surface area contributed by atoms with Crippen molar-refractivity contribution in [1.82, 2.24) is 9.97 Å². The van der Waals surface area contributed by atoms with Gasteiger partial charge in [-0.05, 0) is 43.3 Å². The summed E-state index contributed by atoms with van der Waals surface area (Å²) in [5, 5.41) is 15.4. The van der Waals surface area contributed by atoms with E-state index in [1.54, 1.807) is 49.4 Å². The molecule has 0 radical (unpaired) electrons. The summed E-state index contributed by atoms with van der Waals surface area (Å²) >= 11 is 12.2. The van der Waals surface area contributed by atoms with E-state index in [9.17, 15) is 4.79 Å². The minimum Gasteiger partial charge on any atom is -0.339 e. The van der Waals surface area contributed by atoms with Crippen LogP contribution in [-0.2, 0) is 0 Å². The van der Waals surface area contributed by atoms with Crippen LogP contribution in [0.2, 0.25) is 10.0 Å². The van der Waals surface area contributed by atoms with Gasteiger partial charge in [0, 0.05) is 11.8 Å². The van der Waals surface area contributed by atoms with Crippen molar-refractivity contribution in [3.63, 3.8) is 0 Å². The molecule has 1 heterocycles. The monoisotopic (exact) mass is 397 g/mol. The summed E-state index contributed by atoms with van der Waals surface area (Å²) in [6.45, 7) is 1.68. The number of aryl methyl sites for hydroxylation is 1. The average Bonchev–Trinajstić information content (AvgIpc) is 2.65. The Morgan fingerprint density at radius 3 is 2.56 bits per heavy atom. The van der Waals surface area contributed by atoms with Gasteiger partial charge in [0.25, 0.3) is 5.91 Å². The third-order valence-electron chi connectivity index (χ3n) is 3.56. The van der Waals surface area contributed by atoms with Crippen LogP contribution in [0.25, 0.3) is 0 Å². The fraction of sp³-hybridized carbons (Fsp3) is 0.0526. The number of nitrogens with zero attached hydrogens (tertiary/aromatic N) is 3. The Kier molecular flexibility index (Phi) is 5.55. The number of hydrogen-bond donors (Lipinski definition) is 2. The molecule has 0 saturated carbocycles. The molecule has 1 amide bonds. The third kappa shape index (κ3) is 4.53. The highest BCUT2D eigenvalue weighted by atomic mass is 35.5. The van der Waals surface area contributed by atoms with E-state index in [1.807, 2.05) is 6.07 Å². The normalized spacial score (nSPS) is 10.1. The Morgan fingerprint density at radius 2 is 1.85 bits per heavy atom. The highest BCUT2D eigenvalue weighted by Gasteiger charge is 2.12. The van der Waals surface area contributed by atoms with Gasteiger partial charge in [-0.2, -0.15) is 5.26 Å². The van der Waals surface area contributed by atoms with Gasteiger partial charge in [0.15, 0.2) is 0 Å². The molecular formula is C19H13Cl2N5O. The molecule has 0 saturated heterocycles. The number of benzene rings is 2. The van der Waals surface area contributed by atoms with E-state index >= 15 is 0 Å². The summed E-state index contributed by atoms with van der Waals surface area (Å²) in [5.74, 6) is 0.435. The smallest absolute Gasteiger partial charge is 0.274 e. The number of nitrogens with one attached hydrogen (secondary N) is 2. The zero-order chi connectivity index (χ0) is 19.4. The van der Waals surface area contributed by atoms with Gasteiger partial charge in [-0.1, -0.05) is 29.3 Å². The molecule has 2 N–H and O–H groups in total. The van der Waals surface area contributed by atoms with E-state index in [1.165, 1.54) is 6.07 Å². The summed E-state index contributed by atoms with van der Waals surface area (Å²) in [6.07, 6.45) is 0. The fourth-order valence-electron chi connectivity index (χ4n) is 2.31. The Bertz CT molecular complexity index is 1040. The maximum atomic E-state index is 12.5. The molecule has 3 rings (SSSR count). The summed E-state index contributed by atoms with van der Waals surface area (Å²) in [4.78, 5) is 20.9. The van der Waals surface area contributed by atoms with Crippen molar-refractivity contribution in [2.75, 3.05) is 10.6 Å². The molecule has 2 aromatic carbocycles. The lowest BCUT2D eigenvalue weighted by atomic mass is 10.2. The highest BCUT2D eigenvalue weighted by molar-refractivity contribution is 6.43. The Morgan fingerprint density at radius 1 is 1.11 bits per heavy atom. The van der Waals surface area contributed by atoms with Crippen LogP contribution < -0.4 is 10.6 Å². The van der Waals surface area contributed by atoms with Crippen molar-refractivity contribution >= 4 is 46.3 Å². The topological polar surface area (TPSA) is 90.7 Å². The molecule has 0 aliphatic carbocycles. The van der Waals surface area contributed by atoms with Gasteiger partial charge in [-0.3, -0.25) is 4.79 Å². The van der Waals surface area contributed by atoms with Crippen molar-refractivity contribution in [3.8, 4) is 6.07 Å². The quantitative estimate of drug-likeness (QED) is 0.648. The number of rotatable bonds is 4. The molecule has 134 valence electrons. The molecule has 1 aromatic heterocycles. The van der Waals surface area contributed by atoms with Crippen LogP contribution >= 0.6 is 23.2 Å². The number of carbonyl (C=O) groups excluding carboxylic acids is 1. The molecule has 8 heteroatoms. The number of anilines is 3. The van der Waals surface area contributed by atoms with Gasteiger partial charge in [-0.15, -0.1) is 0 Å². The first kappa shape index (κ1) is 18.6. The lowest BCUT2D eigenvalue weighted by Crippen LogP contribution is -2.15. The standard InChI is InChI=1S/C19H13Cl2N5O/c1-11-23-16(19(27)25-13-7-5-12(10-22)6-8-13)9-17(24-11)26-15-4-2-3-14(20)18(15)21/h2-9H,1H3,(H,25,27)(H,23,24,26). The minimum atomic E-state index is -0.398. The van der Waals surface area contributed by atoms with Gasteiger partial charge < -0.3 is 10.6 Å². The van der Waals surface area contributed by atoms with Gasteiger partial charge in [0.2, 0.25) is 0 Å². The van der Waals surface area contributed by atoms with Crippen LogP contribution in [0.15, 0.2) is 48.5 Å². The van der Waals surface area contributed by atoms with E-state index in [2.05, 4.69) is 20.6 Å². The van der Waals surface area contributed by atoms with Crippen molar-refractivity contribution < 1.29 is 4.79 Å². The minimum absolute atomic E-state index is 0.188. The average molecular weight is 398 g/mol. The summed E-state index contributed by atoms with van der Waals surface area (Å²) < 4.78 is 0. The first-order valence-electron chi connectivity index (χ1n) is 7.84. The van der Waals surface area contributed by atoms with E-state index in [4.69, 9.17) is 28.5 Å². The van der Waals surface area contributed by atoms with E-state index in [0.29, 0.717) is 38.6 Å². The van der Waals surface area contributed by atoms with Crippen LogP contribution in [-0.4, -0.2) is 15.9 Å². The van der Waals surface area contributed by atoms with Crippen LogP contribution in [0.3, 0.4) is 0 Å². The number of carbonyl (C=O) groups is 1. The van der Waals surface area contributed by atoms with Crippen LogP contribution in [0.5, 0.6) is 0 Å². The first-order valence-corrected chi connectivity index (χ1v) is 8.60. The summed E-state index contributed by atoms with van der Waals surface area (Å²) in [7, 11) is 0. The fourth-order valence-corrected chi connectivity index (χ4v) is 2.66. The Hall–Kier alpha value is -3.14. The second-order valence-corrected chi connectivity index (χ2v) is 6.34. The van der Waals surface area contributed by atoms with E-state index in [-0.39, 0.29) is 5.69 Å². The molecule has 0 aliphatic heterocycles. The Labute approximate surface area is 165 Å². The molecule has 0 atom stereocenters. The molecular weight excluding hydrogens is 385 g/mol. The molecule has 0 aliphatic rings. The van der Waals surface area contributed by atoms with E-state index in [0.717, 1.165) is 0 Å². The summed E-state index contributed by atoms with van der Waals surface area (Å²) in [6, 6.07) is 15.3. The number of amides is 1. The molecule has 0 spiro atoms. The van der Waals surface area contributed by atoms with Gasteiger partial charge in [0.05, 0.1) is 27.4 Å². The zero-order valence-corrected chi connectivity index (χ0v) is 15.6. The number of nitriles is 1. The largest absolute Gasteiger partial charge is 0.339 e. The number of aromatic nitrogens is 2. The van der Waals surface area contributed by atoms with Gasteiger partial charge in [-0.25, -0.2) is 9.97 Å². The third-order valence-corrected chi connectivity index (χ3v) is 4.38. The number of hydrogen-bond acceptors (Lipinski definition) is 5. The van der Waals surface area contributed by atoms with E-state index < -0.39 is 5.91 Å². The van der Waals surface area contributed by atoms with Crippen LogP contribution in [0.1, 0.15) is 21.9 Å². The lowest BCUT2D eigenvalue weighted by Gasteiger charge is -2.11. The molecule has 0 bridgehead atoms. The lowest BCUT2D eigenvalue weighted by molar-refractivity contribution is 0.102. The maximum absolute atomic E-state index is 12.5. The van der Waals surface area contributed by atoms with Gasteiger partial charge >= 0.3 is 0 Å². The second kappa shape index (κ2) is 8.04. The molecule has 27 heavy (non-hydrogen) atoms. The van der Waals surface area contributed by atoms with Crippen molar-refractivity contribution in [2.45, 2.75) is 6.92 Å². The first-order chi connectivity index (χ1) is 13.0. The van der Waals surface area contributed by atoms with Crippen molar-refractivity contribution in [1.29, 1.82) is 5.26 Å². The zero-order valence-electron chi connectivity index (χ0n) is 14.1. The summed E-state index contributed by atoms with van der Waals surface area (Å²) in [5.41, 5.74) is 1.83. The Balaban J connectivity index is 1.82. The van der Waals surface area contributed by atoms with Crippen LogP contribution in [0, 0.1) is 18.3 Å². The van der Waals surface area contributed by atoms with Crippen LogP contribution in [0.4, 0.5) is 17.2 Å². The molecule has 0 fully saturated rings. The van der Waals surface area contributed by atoms with Crippen molar-refractivity contribution in [2.24, 2.45) is 0 Å². The predicted octanol–water partition coefficient (Wildman–Crippen LogP) is 4.96. The van der Waals surface area contributed by atoms with Crippen molar-refractivity contribution in [3.05, 3.63) is 75.7 Å². The highest BCUT2D eigenvalue weighted by Crippen LogP contribution is 2.31.